The number of benzene rings is 1. The van der Waals surface area contributed by atoms with Gasteiger partial charge in [0.1, 0.15) is 6.61 Å². The van der Waals surface area contributed by atoms with Crippen LogP contribution in [0.2, 0.25) is 0 Å². The second-order valence-electron chi connectivity index (χ2n) is 9.30. The normalized spacial score (nSPS) is 14.4. The molecule has 13 heteroatoms. The number of halogens is 2. The third-order valence-corrected chi connectivity index (χ3v) is 6.13. The molecule has 3 heterocycles. The molecule has 0 bridgehead atoms. The molecule has 0 aliphatic carbocycles. The Morgan fingerprint density at radius 1 is 1.18 bits per heavy atom. The van der Waals surface area contributed by atoms with Gasteiger partial charge in [0.2, 0.25) is 11.8 Å². The summed E-state index contributed by atoms with van der Waals surface area (Å²) in [7, 11) is 0. The quantitative estimate of drug-likeness (QED) is 0.268. The van der Waals surface area contributed by atoms with Gasteiger partial charge in [-0.05, 0) is 39.0 Å². The van der Waals surface area contributed by atoms with Crippen LogP contribution in [0, 0.1) is 5.92 Å². The molecule has 202 valence electrons. The van der Waals surface area contributed by atoms with Gasteiger partial charge in [-0.15, -0.1) is 10.2 Å². The Kier molecular flexibility index (Phi) is 8.05. The van der Waals surface area contributed by atoms with E-state index in [-0.39, 0.29) is 35.9 Å². The van der Waals surface area contributed by atoms with Gasteiger partial charge in [-0.3, -0.25) is 14.5 Å². The zero-order chi connectivity index (χ0) is 27.4. The number of ether oxygens (including phenoxy) is 1. The van der Waals surface area contributed by atoms with Crippen molar-refractivity contribution < 1.29 is 18.3 Å². The maximum Gasteiger partial charge on any atom is 0.263 e. The number of hydrogen-bond acceptors (Lipinski definition) is 9. The second-order valence-corrected chi connectivity index (χ2v) is 9.30. The lowest BCUT2D eigenvalue weighted by Crippen LogP contribution is -2.52. The zero-order valence-electron chi connectivity index (χ0n) is 21.4. The first-order valence-electron chi connectivity index (χ1n) is 12.1. The molecule has 1 aliphatic rings. The molecule has 3 aromatic rings. The summed E-state index contributed by atoms with van der Waals surface area (Å²) in [5.74, 6) is 6.82. The Morgan fingerprint density at radius 3 is 2.45 bits per heavy atom. The van der Waals surface area contributed by atoms with Crippen LogP contribution in [0.5, 0.6) is 5.88 Å². The molecule has 0 atom stereocenters. The van der Waals surface area contributed by atoms with Crippen molar-refractivity contribution in [1.82, 2.24) is 20.0 Å². The third kappa shape index (κ3) is 6.17. The summed E-state index contributed by atoms with van der Waals surface area (Å²) in [6.07, 6.45) is 0.882. The molecule has 1 aliphatic heterocycles. The lowest BCUT2D eigenvalue weighted by atomic mass is 9.99. The predicted molar refractivity (Wildman–Crippen MR) is 139 cm³/mol. The van der Waals surface area contributed by atoms with Gasteiger partial charge in [0.25, 0.3) is 6.43 Å². The summed E-state index contributed by atoms with van der Waals surface area (Å²) in [5, 5.41) is 16.7. The molecule has 1 fully saturated rings. The molecule has 5 N–H and O–H groups in total. The van der Waals surface area contributed by atoms with Gasteiger partial charge in [0.05, 0.1) is 29.2 Å². The number of anilines is 3. The Bertz CT molecular complexity index is 1270. The largest absolute Gasteiger partial charge is 0.470 e. The Morgan fingerprint density at radius 2 is 1.89 bits per heavy atom. The maximum atomic E-state index is 12.8. The van der Waals surface area contributed by atoms with E-state index >= 15 is 0 Å². The van der Waals surface area contributed by atoms with E-state index in [2.05, 4.69) is 20.6 Å². The summed E-state index contributed by atoms with van der Waals surface area (Å²) < 4.78 is 33.2. The average molecular weight is 528 g/mol. The van der Waals surface area contributed by atoms with E-state index in [0.29, 0.717) is 41.7 Å². The second kappa shape index (κ2) is 11.4. The highest BCUT2D eigenvalue weighted by molar-refractivity contribution is 5.94. The van der Waals surface area contributed by atoms with E-state index in [0.717, 1.165) is 0 Å². The standard InChI is InChI=1S/C25H31F2N9O2/c1-15(2)35-13-19(10-30-35)31-25(37)18-11-34(12-18)22-8-9-23(33-32-22)38-14-21(16(3)28)36(29)20-6-4-17(5-7-20)24(26)27/h4-10,13,15,18,24H,11-12,14,28-29H2,1-3H3,(H,31,37)/b21-16-. The number of rotatable bonds is 10. The fourth-order valence-electron chi connectivity index (χ4n) is 3.77. The molecule has 4 rings (SSSR count). The van der Waals surface area contributed by atoms with Crippen LogP contribution in [0.25, 0.3) is 0 Å². The predicted octanol–water partition coefficient (Wildman–Crippen LogP) is 3.22. The van der Waals surface area contributed by atoms with Gasteiger partial charge in [-0.25, -0.2) is 14.6 Å². The van der Waals surface area contributed by atoms with Crippen molar-refractivity contribution in [3.63, 3.8) is 0 Å². The molecular formula is C25H31F2N9O2. The maximum absolute atomic E-state index is 12.8. The highest BCUT2D eigenvalue weighted by Gasteiger charge is 2.34. The minimum Gasteiger partial charge on any atom is -0.470 e. The molecule has 11 nitrogen and oxygen atoms in total. The van der Waals surface area contributed by atoms with Gasteiger partial charge in [0.15, 0.2) is 5.82 Å². The lowest BCUT2D eigenvalue weighted by Gasteiger charge is -2.38. The number of carbonyl (C=O) groups excluding carboxylic acids is 1. The molecule has 1 aromatic carbocycles. The fourth-order valence-corrected chi connectivity index (χ4v) is 3.77. The molecular weight excluding hydrogens is 496 g/mol. The minimum atomic E-state index is -2.56. The van der Waals surface area contributed by atoms with Gasteiger partial charge < -0.3 is 20.7 Å². The van der Waals surface area contributed by atoms with Gasteiger partial charge in [0, 0.05) is 42.7 Å². The van der Waals surface area contributed by atoms with E-state index in [1.165, 1.54) is 29.3 Å². The Balaban J connectivity index is 1.28. The van der Waals surface area contributed by atoms with E-state index in [9.17, 15) is 13.6 Å². The van der Waals surface area contributed by atoms with Crippen LogP contribution >= 0.6 is 0 Å². The first kappa shape index (κ1) is 26.8. The van der Waals surface area contributed by atoms with Crippen molar-refractivity contribution >= 4 is 23.1 Å². The van der Waals surface area contributed by atoms with Crippen molar-refractivity contribution in [3.05, 3.63) is 65.7 Å². The van der Waals surface area contributed by atoms with E-state index in [1.54, 1.807) is 29.9 Å². The number of carbonyl (C=O) groups is 1. The molecule has 38 heavy (non-hydrogen) atoms. The molecule has 0 saturated carbocycles. The first-order valence-corrected chi connectivity index (χ1v) is 12.1. The number of amides is 1. The average Bonchev–Trinajstić information content (AvgIpc) is 3.32. The molecule has 1 amide bonds. The highest BCUT2D eigenvalue weighted by Crippen LogP contribution is 2.26. The fraction of sp³-hybridized carbons (Fsp3) is 0.360. The number of alkyl halides is 2. The Hall–Kier alpha value is -4.26. The van der Waals surface area contributed by atoms with Crippen molar-refractivity contribution in [3.8, 4) is 5.88 Å². The smallest absolute Gasteiger partial charge is 0.263 e. The first-order chi connectivity index (χ1) is 18.1. The van der Waals surface area contributed by atoms with Crippen molar-refractivity contribution in [2.24, 2.45) is 17.5 Å². The number of nitrogens with two attached hydrogens (primary N) is 2. The van der Waals surface area contributed by atoms with Gasteiger partial charge >= 0.3 is 0 Å². The van der Waals surface area contributed by atoms with Crippen molar-refractivity contribution in [2.75, 3.05) is 34.9 Å². The highest BCUT2D eigenvalue weighted by atomic mass is 19.3. The molecule has 1 saturated heterocycles. The van der Waals surface area contributed by atoms with Gasteiger partial charge in [-0.1, -0.05) is 12.1 Å². The monoisotopic (exact) mass is 527 g/mol. The van der Waals surface area contributed by atoms with Crippen LogP contribution in [0.1, 0.15) is 38.8 Å². The summed E-state index contributed by atoms with van der Waals surface area (Å²) >= 11 is 0. The van der Waals surface area contributed by atoms with Crippen LogP contribution in [0.3, 0.4) is 0 Å². The molecule has 0 spiro atoms. The van der Waals surface area contributed by atoms with Crippen LogP contribution < -0.4 is 31.5 Å². The summed E-state index contributed by atoms with van der Waals surface area (Å²) in [4.78, 5) is 14.5. The number of hydrogen-bond donors (Lipinski definition) is 3. The summed E-state index contributed by atoms with van der Waals surface area (Å²) in [5.41, 5.74) is 7.87. The molecule has 0 unspecified atom stereocenters. The van der Waals surface area contributed by atoms with Crippen molar-refractivity contribution in [2.45, 2.75) is 33.2 Å². The summed E-state index contributed by atoms with van der Waals surface area (Å²) in [6.45, 7) is 6.72. The zero-order valence-corrected chi connectivity index (χ0v) is 21.4. The third-order valence-electron chi connectivity index (χ3n) is 6.13. The number of allylic oxidation sites excluding steroid dienone is 1. The lowest BCUT2D eigenvalue weighted by molar-refractivity contribution is -0.120. The Labute approximate surface area is 219 Å². The van der Waals surface area contributed by atoms with Crippen LogP contribution in [0.4, 0.5) is 26.0 Å². The van der Waals surface area contributed by atoms with E-state index in [1.807, 2.05) is 24.9 Å². The number of nitrogens with zero attached hydrogens (tertiary/aromatic N) is 6. The summed E-state index contributed by atoms with van der Waals surface area (Å²) in [6, 6.07) is 9.21. The number of aromatic nitrogens is 4. The molecule has 2 aromatic heterocycles. The van der Waals surface area contributed by atoms with E-state index < -0.39 is 6.43 Å². The number of hydrazine groups is 1. The van der Waals surface area contributed by atoms with Crippen LogP contribution in [-0.4, -0.2) is 45.6 Å². The van der Waals surface area contributed by atoms with E-state index in [4.69, 9.17) is 16.3 Å². The van der Waals surface area contributed by atoms with Crippen LogP contribution in [0.15, 0.2) is 60.2 Å². The topological polar surface area (TPSA) is 140 Å². The van der Waals surface area contributed by atoms with Gasteiger partial charge in [-0.2, -0.15) is 5.10 Å². The number of nitrogens with one attached hydrogen (secondary N) is 1. The van der Waals surface area contributed by atoms with Crippen molar-refractivity contribution in [1.29, 1.82) is 0 Å². The SMILES string of the molecule is C/C(N)=C(\COc1ccc(N2CC(C(=O)Nc3cnn(C(C)C)c3)C2)nn1)N(N)c1ccc(C(F)F)cc1. The molecule has 0 radical (unpaired) electrons. The van der Waals surface area contributed by atoms with Crippen LogP contribution in [-0.2, 0) is 4.79 Å². The minimum absolute atomic E-state index is 0.0111.